The zero-order valence-corrected chi connectivity index (χ0v) is 17.2. The van der Waals surface area contributed by atoms with Gasteiger partial charge in [-0.15, -0.1) is 0 Å². The molecule has 0 atom stereocenters. The van der Waals surface area contributed by atoms with Crippen LogP contribution >= 0.6 is 0 Å². The predicted octanol–water partition coefficient (Wildman–Crippen LogP) is 7.95. The molecule has 0 bridgehead atoms. The zero-order chi connectivity index (χ0) is 20.5. The maximum absolute atomic E-state index is 6.19. The molecule has 0 aliphatic heterocycles. The third-order valence-electron chi connectivity index (χ3n) is 5.53. The Morgan fingerprint density at radius 3 is 2.17 bits per heavy atom. The number of rotatable bonds is 4. The van der Waals surface area contributed by atoms with Gasteiger partial charge in [-0.25, -0.2) is 0 Å². The number of benzene rings is 3. The third kappa shape index (κ3) is 3.53. The van der Waals surface area contributed by atoms with Gasteiger partial charge in [0, 0.05) is 28.8 Å². The Labute approximate surface area is 176 Å². The van der Waals surface area contributed by atoms with Crippen molar-refractivity contribution in [3.8, 4) is 33.7 Å². The minimum atomic E-state index is 0.521. The first kappa shape index (κ1) is 18.4. The van der Waals surface area contributed by atoms with Crippen molar-refractivity contribution in [2.45, 2.75) is 19.8 Å². The Morgan fingerprint density at radius 1 is 0.667 bits per heavy atom. The van der Waals surface area contributed by atoms with E-state index >= 15 is 0 Å². The molecule has 0 saturated heterocycles. The Balaban J connectivity index is 1.50. The van der Waals surface area contributed by atoms with Gasteiger partial charge in [-0.3, -0.25) is 4.98 Å². The summed E-state index contributed by atoms with van der Waals surface area (Å²) in [5.41, 5.74) is 7.65. The van der Waals surface area contributed by atoms with Crippen LogP contribution in [0.15, 0.2) is 102 Å². The second-order valence-electron chi connectivity index (χ2n) is 7.94. The van der Waals surface area contributed by atoms with E-state index < -0.39 is 0 Å². The fraction of sp³-hybridized carbons (Fsp3) is 0.107. The van der Waals surface area contributed by atoms with Crippen LogP contribution in [0.3, 0.4) is 0 Å². The fourth-order valence-corrected chi connectivity index (χ4v) is 3.75. The molecule has 0 radical (unpaired) electrons. The number of hydrogen-bond donors (Lipinski definition) is 0. The van der Waals surface area contributed by atoms with E-state index in [-0.39, 0.29) is 0 Å². The highest BCUT2D eigenvalue weighted by Gasteiger charge is 2.10. The van der Waals surface area contributed by atoms with E-state index in [0.717, 1.165) is 33.6 Å². The second kappa shape index (κ2) is 7.64. The third-order valence-corrected chi connectivity index (χ3v) is 5.53. The lowest BCUT2D eigenvalue weighted by Crippen LogP contribution is -1.85. The van der Waals surface area contributed by atoms with Crippen LogP contribution in [0, 0.1) is 0 Å². The highest BCUT2D eigenvalue weighted by molar-refractivity contribution is 5.85. The zero-order valence-electron chi connectivity index (χ0n) is 17.2. The lowest BCUT2D eigenvalue weighted by Gasteiger charge is -2.05. The number of furan rings is 1. The molecular weight excluding hydrogens is 366 g/mol. The molecule has 146 valence electrons. The summed E-state index contributed by atoms with van der Waals surface area (Å²) in [7, 11) is 0. The van der Waals surface area contributed by atoms with E-state index in [1.165, 1.54) is 16.7 Å². The molecule has 0 N–H and O–H groups in total. The van der Waals surface area contributed by atoms with Crippen LogP contribution in [0.2, 0.25) is 0 Å². The molecule has 0 fully saturated rings. The average Bonchev–Trinajstić information content (AvgIpc) is 3.23. The minimum Gasteiger partial charge on any atom is -0.456 e. The van der Waals surface area contributed by atoms with Crippen LogP contribution in [0.1, 0.15) is 25.3 Å². The molecule has 0 aliphatic rings. The number of pyridine rings is 1. The molecular formula is C28H23NO. The van der Waals surface area contributed by atoms with Crippen LogP contribution in [0.25, 0.3) is 44.7 Å². The molecule has 2 heteroatoms. The maximum Gasteiger partial charge on any atom is 0.138 e. The van der Waals surface area contributed by atoms with Crippen molar-refractivity contribution in [3.05, 3.63) is 103 Å². The molecule has 30 heavy (non-hydrogen) atoms. The molecule has 3 aromatic carbocycles. The van der Waals surface area contributed by atoms with Crippen LogP contribution in [-0.2, 0) is 0 Å². The summed E-state index contributed by atoms with van der Waals surface area (Å²) in [6, 6.07) is 31.6. The minimum absolute atomic E-state index is 0.521. The van der Waals surface area contributed by atoms with Gasteiger partial charge in [0.25, 0.3) is 0 Å². The predicted molar refractivity (Wildman–Crippen MR) is 124 cm³/mol. The normalized spacial score (nSPS) is 11.3. The Bertz CT molecular complexity index is 1300. The highest BCUT2D eigenvalue weighted by Crippen LogP contribution is 2.32. The number of aromatic nitrogens is 1. The van der Waals surface area contributed by atoms with Crippen LogP contribution in [0.4, 0.5) is 0 Å². The van der Waals surface area contributed by atoms with Gasteiger partial charge in [0.1, 0.15) is 11.3 Å². The van der Waals surface area contributed by atoms with Crippen molar-refractivity contribution in [3.63, 3.8) is 0 Å². The molecule has 5 aromatic rings. The molecule has 2 nitrogen and oxygen atoms in total. The highest BCUT2D eigenvalue weighted by atomic mass is 16.3. The Kier molecular flexibility index (Phi) is 4.68. The lowest BCUT2D eigenvalue weighted by molar-refractivity contribution is 0.631. The van der Waals surface area contributed by atoms with Crippen molar-refractivity contribution in [2.75, 3.05) is 0 Å². The quantitative estimate of drug-likeness (QED) is 0.312. The van der Waals surface area contributed by atoms with Gasteiger partial charge in [-0.05, 0) is 34.7 Å². The molecule has 5 rings (SSSR count). The smallest absolute Gasteiger partial charge is 0.138 e. The molecule has 0 saturated carbocycles. The molecule has 0 aliphatic carbocycles. The van der Waals surface area contributed by atoms with Crippen LogP contribution in [-0.4, -0.2) is 4.98 Å². The lowest BCUT2D eigenvalue weighted by atomic mass is 10.0. The van der Waals surface area contributed by atoms with E-state index in [0.29, 0.717) is 5.92 Å². The Morgan fingerprint density at radius 2 is 1.40 bits per heavy atom. The molecule has 2 heterocycles. The number of nitrogens with zero attached hydrogens (tertiary/aromatic N) is 1. The maximum atomic E-state index is 6.19. The topological polar surface area (TPSA) is 26.0 Å². The van der Waals surface area contributed by atoms with E-state index in [2.05, 4.69) is 92.7 Å². The SMILES string of the molecule is CC(C)c1ccc(-c2cc3cnc(-c4cccc(-c5ccccc5)c4)cc3o2)cc1. The molecule has 2 aromatic heterocycles. The van der Waals surface area contributed by atoms with E-state index in [1.807, 2.05) is 18.3 Å². The Hall–Kier alpha value is -3.65. The van der Waals surface area contributed by atoms with Crippen molar-refractivity contribution in [1.29, 1.82) is 0 Å². The molecule has 0 amide bonds. The number of fused-ring (bicyclic) bond motifs is 1. The monoisotopic (exact) mass is 389 g/mol. The standard InChI is InChI=1S/C28H23NO/c1-19(2)20-11-13-22(14-12-20)27-16-25-18-29-26(17-28(25)30-27)24-10-6-9-23(15-24)21-7-4-3-5-8-21/h3-19H,1-2H3. The van der Waals surface area contributed by atoms with Crippen molar-refractivity contribution < 1.29 is 4.42 Å². The van der Waals surface area contributed by atoms with Crippen molar-refractivity contribution in [1.82, 2.24) is 4.98 Å². The summed E-state index contributed by atoms with van der Waals surface area (Å²) >= 11 is 0. The first-order valence-electron chi connectivity index (χ1n) is 10.3. The van der Waals surface area contributed by atoms with Gasteiger partial charge in [-0.2, -0.15) is 0 Å². The summed E-state index contributed by atoms with van der Waals surface area (Å²) < 4.78 is 6.19. The summed E-state index contributed by atoms with van der Waals surface area (Å²) in [6.45, 7) is 4.41. The van der Waals surface area contributed by atoms with Crippen molar-refractivity contribution in [2.24, 2.45) is 0 Å². The first-order valence-corrected chi connectivity index (χ1v) is 10.3. The van der Waals surface area contributed by atoms with Crippen LogP contribution in [0.5, 0.6) is 0 Å². The van der Waals surface area contributed by atoms with E-state index in [1.54, 1.807) is 0 Å². The second-order valence-corrected chi connectivity index (χ2v) is 7.94. The number of hydrogen-bond acceptors (Lipinski definition) is 2. The van der Waals surface area contributed by atoms with Gasteiger partial charge >= 0.3 is 0 Å². The molecule has 0 unspecified atom stereocenters. The largest absolute Gasteiger partial charge is 0.456 e. The van der Waals surface area contributed by atoms with E-state index in [4.69, 9.17) is 9.40 Å². The van der Waals surface area contributed by atoms with Gasteiger partial charge in [0.15, 0.2) is 0 Å². The summed E-state index contributed by atoms with van der Waals surface area (Å²) in [5.74, 6) is 1.39. The summed E-state index contributed by atoms with van der Waals surface area (Å²) in [6.07, 6.45) is 1.90. The summed E-state index contributed by atoms with van der Waals surface area (Å²) in [5, 5.41) is 1.01. The summed E-state index contributed by atoms with van der Waals surface area (Å²) in [4.78, 5) is 4.70. The van der Waals surface area contributed by atoms with Gasteiger partial charge in [0.05, 0.1) is 5.69 Å². The van der Waals surface area contributed by atoms with Gasteiger partial charge in [0.2, 0.25) is 0 Å². The molecule has 0 spiro atoms. The first-order chi connectivity index (χ1) is 14.7. The van der Waals surface area contributed by atoms with Gasteiger partial charge < -0.3 is 4.42 Å². The van der Waals surface area contributed by atoms with E-state index in [9.17, 15) is 0 Å². The fourth-order valence-electron chi connectivity index (χ4n) is 3.75. The van der Waals surface area contributed by atoms with Crippen LogP contribution < -0.4 is 0 Å². The van der Waals surface area contributed by atoms with Crippen molar-refractivity contribution >= 4 is 11.0 Å². The average molecular weight is 389 g/mol. The van der Waals surface area contributed by atoms with Gasteiger partial charge in [-0.1, -0.05) is 86.6 Å².